The number of fused-ring (bicyclic) bond motifs is 5. The van der Waals surface area contributed by atoms with Gasteiger partial charge in [0, 0.05) is 19.6 Å². The number of carbonyl (C=O) groups excluding carboxylic acids is 1. The maximum Gasteiger partial charge on any atom is 0.407 e. The number of unbranched alkanes of at least 4 members (excludes halogenated alkanes) is 10. The first kappa shape index (κ1) is 38.4. The number of hydrogen-bond acceptors (Lipinski definition) is 3. The molecule has 0 bridgehead atoms. The summed E-state index contributed by atoms with van der Waals surface area (Å²) < 4.78 is 5.98. The van der Waals surface area contributed by atoms with E-state index in [9.17, 15) is 4.79 Å². The molecule has 45 heavy (non-hydrogen) atoms. The molecular weight excluding hydrogens is 554 g/mol. The summed E-state index contributed by atoms with van der Waals surface area (Å²) in [6.45, 7) is 15.1. The van der Waals surface area contributed by atoms with Gasteiger partial charge in [0.15, 0.2) is 0 Å². The molecule has 262 valence electrons. The van der Waals surface area contributed by atoms with Crippen molar-refractivity contribution in [3.63, 3.8) is 0 Å². The number of amides is 1. The monoisotopic (exact) mass is 630 g/mol. The molecule has 0 saturated heterocycles. The van der Waals surface area contributed by atoms with Gasteiger partial charge in [-0.2, -0.15) is 0 Å². The van der Waals surface area contributed by atoms with E-state index in [0.29, 0.717) is 17.4 Å². The fourth-order valence-electron chi connectivity index (χ4n) is 10.3. The summed E-state index contributed by atoms with van der Waals surface area (Å²) in [6, 6.07) is 0. The van der Waals surface area contributed by atoms with E-state index < -0.39 is 0 Å². The zero-order valence-electron chi connectivity index (χ0n) is 30.8. The second-order valence-corrected chi connectivity index (χ2v) is 16.2. The maximum absolute atomic E-state index is 12.6. The van der Waals surface area contributed by atoms with Gasteiger partial charge in [-0.15, -0.1) is 0 Å². The summed E-state index contributed by atoms with van der Waals surface area (Å²) in [6.07, 6.45) is 30.4. The normalized spacial score (nSPS) is 32.1. The summed E-state index contributed by atoms with van der Waals surface area (Å²) in [4.78, 5) is 12.6. The van der Waals surface area contributed by atoms with Crippen molar-refractivity contribution < 1.29 is 14.6 Å². The van der Waals surface area contributed by atoms with E-state index >= 15 is 0 Å². The smallest absolute Gasteiger partial charge is 0.407 e. The number of rotatable bonds is 18. The van der Waals surface area contributed by atoms with Gasteiger partial charge in [-0.3, -0.25) is 0 Å². The van der Waals surface area contributed by atoms with Crippen LogP contribution in [-0.4, -0.2) is 30.5 Å². The Kier molecular flexibility index (Phi) is 16.8. The van der Waals surface area contributed by atoms with Crippen molar-refractivity contribution in [3.8, 4) is 0 Å². The van der Waals surface area contributed by atoms with Crippen molar-refractivity contribution in [3.05, 3.63) is 11.6 Å². The van der Waals surface area contributed by atoms with Crippen LogP contribution >= 0.6 is 0 Å². The summed E-state index contributed by atoms with van der Waals surface area (Å²) >= 11 is 0. The molecule has 0 heterocycles. The Labute approximate surface area is 279 Å². The zero-order valence-corrected chi connectivity index (χ0v) is 30.8. The fourth-order valence-corrected chi connectivity index (χ4v) is 10.3. The van der Waals surface area contributed by atoms with Crippen LogP contribution in [0, 0.1) is 40.4 Å². The molecular formula is C41H75NO3. The van der Waals surface area contributed by atoms with Gasteiger partial charge >= 0.3 is 6.09 Å². The second-order valence-electron chi connectivity index (χ2n) is 16.2. The van der Waals surface area contributed by atoms with Crippen molar-refractivity contribution in [2.75, 3.05) is 13.2 Å². The number of ether oxygens (including phenoxy) is 1. The van der Waals surface area contributed by atoms with Gasteiger partial charge in [0.2, 0.25) is 0 Å². The van der Waals surface area contributed by atoms with Crippen molar-refractivity contribution in [1.82, 2.24) is 5.32 Å². The Hall–Kier alpha value is -1.03. The predicted molar refractivity (Wildman–Crippen MR) is 191 cm³/mol. The Bertz CT molecular complexity index is 869. The first-order valence-electron chi connectivity index (χ1n) is 20.0. The van der Waals surface area contributed by atoms with Gasteiger partial charge in [-0.25, -0.2) is 4.79 Å². The van der Waals surface area contributed by atoms with Crippen LogP contribution in [0.25, 0.3) is 0 Å². The van der Waals surface area contributed by atoms with Gasteiger partial charge < -0.3 is 15.2 Å². The van der Waals surface area contributed by atoms with Crippen molar-refractivity contribution in [2.45, 2.75) is 189 Å². The highest BCUT2D eigenvalue weighted by molar-refractivity contribution is 5.67. The lowest BCUT2D eigenvalue weighted by atomic mass is 9.47. The maximum atomic E-state index is 12.6. The third-order valence-corrected chi connectivity index (χ3v) is 13.0. The Balaban J connectivity index is 0.00000271. The van der Waals surface area contributed by atoms with E-state index in [1.54, 1.807) is 5.57 Å². The molecule has 0 aromatic carbocycles. The molecule has 0 radical (unpaired) electrons. The van der Waals surface area contributed by atoms with E-state index in [-0.39, 0.29) is 12.2 Å². The first-order valence-corrected chi connectivity index (χ1v) is 20.0. The molecule has 0 aromatic rings. The minimum atomic E-state index is -0.204. The minimum Gasteiger partial charge on any atom is -0.446 e. The molecule has 0 aliphatic heterocycles. The Morgan fingerprint density at radius 3 is 2.20 bits per heavy atom. The van der Waals surface area contributed by atoms with Crippen molar-refractivity contribution in [1.29, 1.82) is 0 Å². The molecule has 3 saturated carbocycles. The summed E-state index contributed by atoms with van der Waals surface area (Å²) in [5.41, 5.74) is 2.49. The molecule has 4 aliphatic rings. The van der Waals surface area contributed by atoms with E-state index in [1.165, 1.54) is 109 Å². The summed E-state index contributed by atoms with van der Waals surface area (Å²) in [7, 11) is 0. The Morgan fingerprint density at radius 1 is 0.867 bits per heavy atom. The lowest BCUT2D eigenvalue weighted by Gasteiger charge is -2.58. The zero-order chi connectivity index (χ0) is 32.7. The lowest BCUT2D eigenvalue weighted by Crippen LogP contribution is -2.50. The number of carbonyl (C=O) groups is 1. The predicted octanol–water partition coefficient (Wildman–Crippen LogP) is 11.8. The van der Waals surface area contributed by atoms with Gasteiger partial charge in [-0.05, 0) is 105 Å². The van der Waals surface area contributed by atoms with Crippen LogP contribution in [0.5, 0.6) is 0 Å². The summed E-state index contributed by atoms with van der Waals surface area (Å²) in [5.74, 6) is 4.40. The van der Waals surface area contributed by atoms with E-state index in [2.05, 4.69) is 39.1 Å². The molecule has 7 unspecified atom stereocenters. The second kappa shape index (κ2) is 19.7. The number of aliphatic hydroxyl groups excluding tert-OH is 1. The highest BCUT2D eigenvalue weighted by atomic mass is 16.6. The van der Waals surface area contributed by atoms with Gasteiger partial charge in [0.05, 0.1) is 0 Å². The van der Waals surface area contributed by atoms with E-state index in [0.717, 1.165) is 68.2 Å². The van der Waals surface area contributed by atoms with Crippen LogP contribution in [0.3, 0.4) is 0 Å². The van der Waals surface area contributed by atoms with Gasteiger partial charge in [0.25, 0.3) is 0 Å². The quantitative estimate of drug-likeness (QED) is 0.117. The van der Waals surface area contributed by atoms with Crippen LogP contribution in [0.1, 0.15) is 183 Å². The van der Waals surface area contributed by atoms with Crippen molar-refractivity contribution >= 4 is 6.09 Å². The highest BCUT2D eigenvalue weighted by Gasteiger charge is 2.58. The third-order valence-electron chi connectivity index (χ3n) is 13.0. The van der Waals surface area contributed by atoms with Crippen LogP contribution < -0.4 is 5.32 Å². The fraction of sp³-hybridized carbons (Fsp3) is 0.927. The SMILES string of the molecule is CC.CC(C)CCCCC1CCC2C3CC=C4CC(OC(=O)NCCCCCCCCCCCCO)CCC4(C)C3CCC12C. The topological polar surface area (TPSA) is 58.6 Å². The number of alkyl carbamates (subject to hydrolysis) is 1. The highest BCUT2D eigenvalue weighted by Crippen LogP contribution is 2.66. The molecule has 0 spiro atoms. The summed E-state index contributed by atoms with van der Waals surface area (Å²) in [5, 5.41) is 11.9. The van der Waals surface area contributed by atoms with Crippen LogP contribution in [0.2, 0.25) is 0 Å². The standard InChI is InChI=1S/C39H69NO3.C2H6/c1-30(2)17-13-14-18-31-20-22-35-34-21-19-32-29-33(23-25-39(32,4)36(34)24-26-38(31,35)3)43-37(42)40-27-15-11-9-7-5-6-8-10-12-16-28-41;1-2/h19,30-31,33-36,41H,5-18,20-29H2,1-4H3,(H,40,42);1-2H3. The Morgan fingerprint density at radius 2 is 1.53 bits per heavy atom. The number of aliphatic hydroxyl groups is 1. The average Bonchev–Trinajstić information content (AvgIpc) is 3.37. The third kappa shape index (κ3) is 10.7. The molecule has 4 nitrogen and oxygen atoms in total. The largest absolute Gasteiger partial charge is 0.446 e. The number of allylic oxidation sites excluding steroid dienone is 1. The first-order chi connectivity index (χ1) is 21.8. The number of hydrogen-bond donors (Lipinski definition) is 2. The van der Waals surface area contributed by atoms with Gasteiger partial charge in [0.1, 0.15) is 6.10 Å². The average molecular weight is 630 g/mol. The molecule has 4 rings (SSSR count). The molecule has 1 amide bonds. The molecule has 2 N–H and O–H groups in total. The molecule has 4 aliphatic carbocycles. The lowest BCUT2D eigenvalue weighted by molar-refractivity contribution is -0.0519. The van der Waals surface area contributed by atoms with Crippen LogP contribution in [0.4, 0.5) is 4.79 Å². The van der Waals surface area contributed by atoms with E-state index in [1.807, 2.05) is 13.8 Å². The molecule has 3 fully saturated rings. The van der Waals surface area contributed by atoms with Gasteiger partial charge in [-0.1, -0.05) is 124 Å². The van der Waals surface area contributed by atoms with E-state index in [4.69, 9.17) is 9.84 Å². The molecule has 7 atom stereocenters. The molecule has 4 heteroatoms. The van der Waals surface area contributed by atoms with Crippen LogP contribution in [0.15, 0.2) is 11.6 Å². The van der Waals surface area contributed by atoms with Crippen LogP contribution in [-0.2, 0) is 4.74 Å². The number of nitrogens with one attached hydrogen (secondary N) is 1. The minimum absolute atomic E-state index is 0.0452. The molecule has 0 aromatic heterocycles. The van der Waals surface area contributed by atoms with Crippen molar-refractivity contribution in [2.24, 2.45) is 40.4 Å².